The summed E-state index contributed by atoms with van der Waals surface area (Å²) in [6.45, 7) is 3.13. The number of hydrogen-bond donors (Lipinski definition) is 1. The van der Waals surface area contributed by atoms with Crippen molar-refractivity contribution in [2.45, 2.75) is 32.4 Å². The molecule has 0 aliphatic carbocycles. The second-order valence-electron chi connectivity index (χ2n) is 6.74. The van der Waals surface area contributed by atoms with E-state index in [4.69, 9.17) is 10.3 Å². The molecule has 154 valence electrons. The average molecular weight is 426 g/mol. The molecule has 0 aromatic carbocycles. The number of piperidine rings is 1. The van der Waals surface area contributed by atoms with Crippen LogP contribution < -0.4 is 20.6 Å². The van der Waals surface area contributed by atoms with E-state index in [9.17, 15) is 18.3 Å². The van der Waals surface area contributed by atoms with Crippen molar-refractivity contribution in [2.75, 3.05) is 23.8 Å². The number of nitrogen functional groups attached to an aromatic ring is 1. The van der Waals surface area contributed by atoms with Crippen molar-refractivity contribution in [3.63, 3.8) is 0 Å². The molecule has 0 unspecified atom stereocenters. The Labute approximate surface area is 167 Å². The Morgan fingerprint density at radius 2 is 2.07 bits per heavy atom. The highest BCUT2D eigenvalue weighted by Gasteiger charge is 2.33. The van der Waals surface area contributed by atoms with Crippen LogP contribution in [0.3, 0.4) is 0 Å². The number of alkyl halides is 3. The molecule has 1 saturated heterocycles. The quantitative estimate of drug-likeness (QED) is 0.390. The maximum Gasteiger partial charge on any atom is 0.433 e. The maximum absolute atomic E-state index is 13.0. The van der Waals surface area contributed by atoms with E-state index in [1.54, 1.807) is 0 Å². The molecule has 29 heavy (non-hydrogen) atoms. The Bertz CT molecular complexity index is 1080. The fourth-order valence-electron chi connectivity index (χ4n) is 3.26. The molecule has 12 heteroatoms. The summed E-state index contributed by atoms with van der Waals surface area (Å²) in [4.78, 5) is 9.03. The molecule has 2 N–H and O–H groups in total. The first-order valence-corrected chi connectivity index (χ1v) is 9.72. The number of nitrogens with two attached hydrogens (primary N) is 1. The molecule has 0 amide bonds. The number of aliphatic imine (C=N–C) groups is 1. The lowest BCUT2D eigenvalue weighted by molar-refractivity contribution is -0.759. The van der Waals surface area contributed by atoms with E-state index >= 15 is 0 Å². The summed E-state index contributed by atoms with van der Waals surface area (Å²) in [5, 5.41) is 18.7. The van der Waals surface area contributed by atoms with Gasteiger partial charge in [0.1, 0.15) is 10.5 Å². The third-order valence-corrected chi connectivity index (χ3v) is 5.75. The Morgan fingerprint density at radius 1 is 1.34 bits per heavy atom. The predicted molar refractivity (Wildman–Crippen MR) is 98.5 cm³/mol. The van der Waals surface area contributed by atoms with Gasteiger partial charge in [-0.25, -0.2) is 9.98 Å². The maximum atomic E-state index is 13.0. The van der Waals surface area contributed by atoms with Gasteiger partial charge in [0.25, 0.3) is 6.20 Å². The summed E-state index contributed by atoms with van der Waals surface area (Å²) < 4.78 is 44.1. The van der Waals surface area contributed by atoms with Gasteiger partial charge >= 0.3 is 12.1 Å². The summed E-state index contributed by atoms with van der Waals surface area (Å²) in [7, 11) is 0. The molecule has 1 fully saturated rings. The number of pyridine rings is 1. The lowest BCUT2D eigenvalue weighted by atomic mass is 10.1. The van der Waals surface area contributed by atoms with Crippen LogP contribution in [0.25, 0.3) is 10.2 Å². The molecule has 4 heterocycles. The monoisotopic (exact) mass is 426 g/mol. The molecule has 0 saturated carbocycles. The molecule has 8 nitrogen and oxygen atoms in total. The molecule has 1 aliphatic rings. The van der Waals surface area contributed by atoms with Crippen molar-refractivity contribution >= 4 is 39.0 Å². The molecule has 4 rings (SSSR count). The van der Waals surface area contributed by atoms with E-state index in [-0.39, 0.29) is 26.8 Å². The van der Waals surface area contributed by atoms with Crippen LogP contribution in [0.2, 0.25) is 0 Å². The smallest absolute Gasteiger partial charge is 0.433 e. The topological polar surface area (TPSA) is 107 Å². The molecule has 1 aliphatic heterocycles. The SMILES string of the molecule is Cc1cc(C(F)(F)F)nc2sc(/C([O-])=N/c3c[n+](N4CCCCC4)no3)c(N)c12. The van der Waals surface area contributed by atoms with E-state index in [1.165, 1.54) is 17.9 Å². The van der Waals surface area contributed by atoms with Crippen molar-refractivity contribution in [2.24, 2.45) is 4.99 Å². The third-order valence-electron chi connectivity index (χ3n) is 4.66. The van der Waals surface area contributed by atoms with Gasteiger partial charge in [0.15, 0.2) is 0 Å². The van der Waals surface area contributed by atoms with Gasteiger partial charge in [-0.2, -0.15) is 18.2 Å². The first kappa shape index (κ1) is 19.4. The lowest BCUT2D eigenvalue weighted by Gasteiger charge is -2.17. The number of nitrogens with zero attached hydrogens (tertiary/aromatic N) is 5. The van der Waals surface area contributed by atoms with Crippen LogP contribution in [-0.2, 0) is 6.18 Å². The van der Waals surface area contributed by atoms with Crippen molar-refractivity contribution in [3.8, 4) is 0 Å². The normalized spacial score (nSPS) is 16.0. The van der Waals surface area contributed by atoms with E-state index in [1.807, 2.05) is 5.01 Å². The van der Waals surface area contributed by atoms with Gasteiger partial charge in [-0.05, 0) is 37.8 Å². The van der Waals surface area contributed by atoms with E-state index in [0.29, 0.717) is 5.39 Å². The minimum absolute atomic E-state index is 0.0100. The van der Waals surface area contributed by atoms with E-state index in [0.717, 1.165) is 49.8 Å². The first-order chi connectivity index (χ1) is 13.7. The molecule has 0 spiro atoms. The number of fused-ring (bicyclic) bond motifs is 1. The fraction of sp³-hybridized carbons (Fsp3) is 0.412. The van der Waals surface area contributed by atoms with Crippen LogP contribution in [-0.4, -0.2) is 29.2 Å². The third kappa shape index (κ3) is 3.71. The Hall–Kier alpha value is -2.89. The van der Waals surface area contributed by atoms with Gasteiger partial charge in [-0.1, -0.05) is 0 Å². The standard InChI is InChI=1S/C17H17F3N6O2S/c1-9-7-10(17(18,19)20)22-16-12(9)13(21)14(29-16)15(27)23-11-8-26(24-28-11)25-5-3-2-4-6-25/h7-8H,2-6H2,1H3,(H2-,21,23,24,27). The summed E-state index contributed by atoms with van der Waals surface area (Å²) in [6, 6.07) is 0.912. The summed E-state index contributed by atoms with van der Waals surface area (Å²) in [6.07, 6.45) is 0.122. The summed E-state index contributed by atoms with van der Waals surface area (Å²) in [5.41, 5.74) is 5.34. The molecule has 0 bridgehead atoms. The number of anilines is 1. The molecule has 3 aromatic rings. The second kappa shape index (κ2) is 7.17. The van der Waals surface area contributed by atoms with E-state index < -0.39 is 17.8 Å². The van der Waals surface area contributed by atoms with Gasteiger partial charge in [-0.3, -0.25) is 4.52 Å². The average Bonchev–Trinajstić information content (AvgIpc) is 3.26. The number of aryl methyl sites for hydroxylation is 1. The Kier molecular flexibility index (Phi) is 4.81. The highest BCUT2D eigenvalue weighted by atomic mass is 32.1. The van der Waals surface area contributed by atoms with Gasteiger partial charge in [0.05, 0.1) is 28.4 Å². The van der Waals surface area contributed by atoms with Gasteiger partial charge in [0.2, 0.25) is 5.27 Å². The molecular weight excluding hydrogens is 409 g/mol. The Morgan fingerprint density at radius 3 is 2.76 bits per heavy atom. The number of thiophene rings is 1. The van der Waals surface area contributed by atoms with Crippen LogP contribution in [0, 0.1) is 6.92 Å². The second-order valence-corrected chi connectivity index (χ2v) is 7.74. The van der Waals surface area contributed by atoms with Gasteiger partial charge in [0, 0.05) is 11.3 Å². The van der Waals surface area contributed by atoms with Crippen LogP contribution in [0.15, 0.2) is 21.8 Å². The lowest BCUT2D eigenvalue weighted by Crippen LogP contribution is -2.60. The van der Waals surface area contributed by atoms with Crippen LogP contribution in [0.5, 0.6) is 0 Å². The van der Waals surface area contributed by atoms with E-state index in [2.05, 4.69) is 15.2 Å². The van der Waals surface area contributed by atoms with Crippen molar-refractivity contribution in [1.29, 1.82) is 0 Å². The highest BCUT2D eigenvalue weighted by Crippen LogP contribution is 2.38. The largest absolute Gasteiger partial charge is 0.857 e. The van der Waals surface area contributed by atoms with Crippen molar-refractivity contribution < 1.29 is 27.6 Å². The number of rotatable bonds is 3. The molecular formula is C17H17F3N6O2S. The zero-order valence-corrected chi connectivity index (χ0v) is 16.2. The molecule has 0 atom stereocenters. The molecule has 3 aromatic heterocycles. The zero-order valence-electron chi connectivity index (χ0n) is 15.4. The minimum atomic E-state index is -4.59. The van der Waals surface area contributed by atoms with Gasteiger partial charge < -0.3 is 10.8 Å². The van der Waals surface area contributed by atoms with Crippen LogP contribution in [0.1, 0.15) is 35.4 Å². The Balaban J connectivity index is 1.68. The first-order valence-electron chi connectivity index (χ1n) is 8.91. The summed E-state index contributed by atoms with van der Waals surface area (Å²) >= 11 is 0.772. The van der Waals surface area contributed by atoms with Crippen molar-refractivity contribution in [3.05, 3.63) is 28.4 Å². The van der Waals surface area contributed by atoms with Crippen LogP contribution in [0.4, 0.5) is 24.7 Å². The predicted octanol–water partition coefficient (Wildman–Crippen LogP) is 2.04. The minimum Gasteiger partial charge on any atom is -0.857 e. The number of halogens is 3. The zero-order chi connectivity index (χ0) is 20.8. The number of aromatic nitrogens is 3. The number of hydrogen-bond acceptors (Lipinski definition) is 8. The fourth-order valence-corrected chi connectivity index (χ4v) is 4.31. The van der Waals surface area contributed by atoms with Crippen molar-refractivity contribution in [1.82, 2.24) is 10.3 Å². The van der Waals surface area contributed by atoms with Gasteiger partial charge in [-0.15, -0.1) is 11.3 Å². The molecule has 0 radical (unpaired) electrons. The van der Waals surface area contributed by atoms with Crippen LogP contribution >= 0.6 is 11.3 Å². The highest BCUT2D eigenvalue weighted by molar-refractivity contribution is 7.21. The summed E-state index contributed by atoms with van der Waals surface area (Å²) in [5.74, 6) is -0.738.